The molecule has 7 heteroatoms. The van der Waals surface area contributed by atoms with Crippen LogP contribution in [-0.4, -0.2) is 30.7 Å². The van der Waals surface area contributed by atoms with Gasteiger partial charge in [-0.3, -0.25) is 4.79 Å². The summed E-state index contributed by atoms with van der Waals surface area (Å²) in [5, 5.41) is 2.68. The fourth-order valence-electron chi connectivity index (χ4n) is 3.30. The van der Waals surface area contributed by atoms with Gasteiger partial charge >= 0.3 is 0 Å². The van der Waals surface area contributed by atoms with Crippen LogP contribution in [0.1, 0.15) is 43.7 Å². The molecule has 0 bridgehead atoms. The summed E-state index contributed by atoms with van der Waals surface area (Å²) >= 11 is 0. The third-order valence-electron chi connectivity index (χ3n) is 4.55. The number of anilines is 1. The normalized spacial score (nSPS) is 21.8. The summed E-state index contributed by atoms with van der Waals surface area (Å²) < 4.78 is 32.5. The van der Waals surface area contributed by atoms with E-state index in [1.807, 2.05) is 13.8 Å². The molecule has 1 aromatic carbocycles. The average molecular weight is 362 g/mol. The summed E-state index contributed by atoms with van der Waals surface area (Å²) in [6.45, 7) is 3.90. The van der Waals surface area contributed by atoms with Crippen molar-refractivity contribution < 1.29 is 17.6 Å². The number of nitrogens with one attached hydrogen (secondary N) is 1. The molecule has 1 aromatic heterocycles. The Kier molecular flexibility index (Phi) is 4.96. The zero-order chi connectivity index (χ0) is 18.0. The number of hydrogen-bond acceptors (Lipinski definition) is 4. The molecule has 1 saturated heterocycles. The number of piperidine rings is 1. The number of furan rings is 1. The highest BCUT2D eigenvalue weighted by atomic mass is 32.2. The number of benzene rings is 1. The minimum absolute atomic E-state index is 0.00733. The van der Waals surface area contributed by atoms with Crippen LogP contribution >= 0.6 is 0 Å². The average Bonchev–Trinajstić information content (AvgIpc) is 3.09. The number of rotatable bonds is 4. The molecule has 2 aromatic rings. The molecular weight excluding hydrogens is 340 g/mol. The molecule has 2 atom stereocenters. The van der Waals surface area contributed by atoms with Gasteiger partial charge in [0.15, 0.2) is 5.76 Å². The summed E-state index contributed by atoms with van der Waals surface area (Å²) in [6.07, 6.45) is 4.22. The second-order valence-corrected chi connectivity index (χ2v) is 8.26. The first-order valence-corrected chi connectivity index (χ1v) is 9.82. The van der Waals surface area contributed by atoms with Gasteiger partial charge in [0.2, 0.25) is 10.0 Å². The highest BCUT2D eigenvalue weighted by Gasteiger charge is 2.35. The lowest BCUT2D eigenvalue weighted by molar-refractivity contribution is 0.0996. The van der Waals surface area contributed by atoms with Crippen LogP contribution in [0.5, 0.6) is 0 Å². The second-order valence-electron chi connectivity index (χ2n) is 6.42. The molecule has 25 heavy (non-hydrogen) atoms. The predicted molar refractivity (Wildman–Crippen MR) is 94.9 cm³/mol. The number of nitrogens with zero attached hydrogens (tertiary/aromatic N) is 1. The van der Waals surface area contributed by atoms with Crippen LogP contribution in [0.2, 0.25) is 0 Å². The Labute approximate surface area is 147 Å². The molecule has 0 saturated carbocycles. The molecule has 0 radical (unpaired) electrons. The number of carbonyl (C=O) groups is 1. The molecule has 1 amide bonds. The smallest absolute Gasteiger partial charge is 0.291 e. The fraction of sp³-hybridized carbons (Fsp3) is 0.389. The molecule has 1 fully saturated rings. The van der Waals surface area contributed by atoms with E-state index < -0.39 is 10.0 Å². The van der Waals surface area contributed by atoms with Crippen LogP contribution in [0.3, 0.4) is 0 Å². The summed E-state index contributed by atoms with van der Waals surface area (Å²) in [4.78, 5) is 12.2. The van der Waals surface area contributed by atoms with Crippen molar-refractivity contribution >= 4 is 21.6 Å². The number of carbonyl (C=O) groups excluding carboxylic acids is 1. The maximum Gasteiger partial charge on any atom is 0.291 e. The monoisotopic (exact) mass is 362 g/mol. The van der Waals surface area contributed by atoms with Gasteiger partial charge in [-0.1, -0.05) is 6.42 Å². The Bertz CT molecular complexity index is 818. The topological polar surface area (TPSA) is 79.6 Å². The zero-order valence-electron chi connectivity index (χ0n) is 14.3. The van der Waals surface area contributed by atoms with Crippen LogP contribution in [0.4, 0.5) is 5.69 Å². The van der Waals surface area contributed by atoms with E-state index in [1.54, 1.807) is 28.6 Å². The van der Waals surface area contributed by atoms with E-state index in [1.165, 1.54) is 18.4 Å². The van der Waals surface area contributed by atoms with Crippen LogP contribution in [0.15, 0.2) is 52.0 Å². The highest BCUT2D eigenvalue weighted by molar-refractivity contribution is 7.89. The van der Waals surface area contributed by atoms with Gasteiger partial charge in [-0.05, 0) is 63.1 Å². The Hall–Kier alpha value is -2.12. The summed E-state index contributed by atoms with van der Waals surface area (Å²) in [5.74, 6) is -0.174. The Morgan fingerprint density at radius 2 is 1.76 bits per heavy atom. The number of sulfonamides is 1. The zero-order valence-corrected chi connectivity index (χ0v) is 15.1. The second kappa shape index (κ2) is 7.01. The van der Waals surface area contributed by atoms with Gasteiger partial charge in [-0.15, -0.1) is 0 Å². The van der Waals surface area contributed by atoms with Gasteiger partial charge < -0.3 is 9.73 Å². The van der Waals surface area contributed by atoms with Crippen LogP contribution in [0.25, 0.3) is 0 Å². The first kappa shape index (κ1) is 17.7. The molecule has 2 heterocycles. The summed E-state index contributed by atoms with van der Waals surface area (Å²) in [6, 6.07) is 9.42. The van der Waals surface area contributed by atoms with Gasteiger partial charge in [0, 0.05) is 17.8 Å². The third-order valence-corrected chi connectivity index (χ3v) is 6.69. The molecule has 1 aliphatic rings. The summed E-state index contributed by atoms with van der Waals surface area (Å²) in [7, 11) is -3.55. The van der Waals surface area contributed by atoms with Crippen molar-refractivity contribution in [1.29, 1.82) is 0 Å². The lowest BCUT2D eigenvalue weighted by Gasteiger charge is -2.37. The molecule has 2 unspecified atom stereocenters. The van der Waals surface area contributed by atoms with Crippen molar-refractivity contribution in [3.8, 4) is 0 Å². The number of amides is 1. The van der Waals surface area contributed by atoms with Crippen molar-refractivity contribution in [1.82, 2.24) is 4.31 Å². The molecule has 1 aliphatic heterocycles. The Balaban J connectivity index is 1.78. The lowest BCUT2D eigenvalue weighted by atomic mass is 10.0. The van der Waals surface area contributed by atoms with Crippen molar-refractivity contribution in [3.63, 3.8) is 0 Å². The van der Waals surface area contributed by atoms with Gasteiger partial charge in [0.1, 0.15) is 0 Å². The van der Waals surface area contributed by atoms with Crippen molar-refractivity contribution in [2.24, 2.45) is 0 Å². The van der Waals surface area contributed by atoms with Gasteiger partial charge in [-0.2, -0.15) is 4.31 Å². The van der Waals surface area contributed by atoms with E-state index in [9.17, 15) is 13.2 Å². The van der Waals surface area contributed by atoms with E-state index in [-0.39, 0.29) is 28.6 Å². The maximum atomic E-state index is 13.0. The molecule has 6 nitrogen and oxygen atoms in total. The fourth-order valence-corrected chi connectivity index (χ4v) is 5.19. The predicted octanol–water partition coefficient (Wildman–Crippen LogP) is 3.48. The highest BCUT2D eigenvalue weighted by Crippen LogP contribution is 2.30. The molecule has 0 aliphatic carbocycles. The lowest BCUT2D eigenvalue weighted by Crippen LogP contribution is -2.47. The minimum Gasteiger partial charge on any atom is -0.459 e. The maximum absolute atomic E-state index is 13.0. The van der Waals surface area contributed by atoms with Gasteiger partial charge in [0.05, 0.1) is 11.2 Å². The first-order valence-electron chi connectivity index (χ1n) is 8.38. The van der Waals surface area contributed by atoms with Crippen LogP contribution < -0.4 is 5.32 Å². The standard InChI is InChI=1S/C18H22N2O4S/c1-13-5-3-6-14(2)20(13)25(22,23)16-10-8-15(9-11-16)19-18(21)17-7-4-12-24-17/h4,7-14H,3,5-6H2,1-2H3,(H,19,21). The van der Waals surface area contributed by atoms with E-state index in [0.29, 0.717) is 5.69 Å². The molecule has 1 N–H and O–H groups in total. The molecular formula is C18H22N2O4S. The van der Waals surface area contributed by atoms with Crippen molar-refractivity contribution in [2.45, 2.75) is 50.1 Å². The van der Waals surface area contributed by atoms with E-state index in [2.05, 4.69) is 5.32 Å². The third kappa shape index (κ3) is 3.62. The molecule has 0 spiro atoms. The van der Waals surface area contributed by atoms with Crippen molar-refractivity contribution in [2.75, 3.05) is 5.32 Å². The Morgan fingerprint density at radius 3 is 2.32 bits per heavy atom. The van der Waals surface area contributed by atoms with E-state index >= 15 is 0 Å². The van der Waals surface area contributed by atoms with Gasteiger partial charge in [0.25, 0.3) is 5.91 Å². The number of hydrogen-bond donors (Lipinski definition) is 1. The molecule has 3 rings (SSSR count). The first-order chi connectivity index (χ1) is 11.9. The van der Waals surface area contributed by atoms with E-state index in [0.717, 1.165) is 19.3 Å². The van der Waals surface area contributed by atoms with Crippen molar-refractivity contribution in [3.05, 3.63) is 48.4 Å². The summed E-state index contributed by atoms with van der Waals surface area (Å²) in [5.41, 5.74) is 0.514. The van der Waals surface area contributed by atoms with Gasteiger partial charge in [-0.25, -0.2) is 8.42 Å². The minimum atomic E-state index is -3.55. The van der Waals surface area contributed by atoms with Crippen LogP contribution in [0, 0.1) is 0 Å². The van der Waals surface area contributed by atoms with Crippen LogP contribution in [-0.2, 0) is 10.0 Å². The largest absolute Gasteiger partial charge is 0.459 e. The van der Waals surface area contributed by atoms with E-state index in [4.69, 9.17) is 4.42 Å². The SMILES string of the molecule is CC1CCCC(C)N1S(=O)(=O)c1ccc(NC(=O)c2ccco2)cc1. The molecule has 134 valence electrons. The quantitative estimate of drug-likeness (QED) is 0.903. The Morgan fingerprint density at radius 1 is 1.12 bits per heavy atom.